The van der Waals surface area contributed by atoms with Crippen LogP contribution in [0, 0.1) is 11.7 Å². The van der Waals surface area contributed by atoms with Gasteiger partial charge in [0.05, 0.1) is 28.9 Å². The summed E-state index contributed by atoms with van der Waals surface area (Å²) in [6.07, 6.45) is 3.11. The number of benzene rings is 2. The van der Waals surface area contributed by atoms with E-state index in [9.17, 15) is 18.8 Å². The molecule has 0 radical (unpaired) electrons. The van der Waals surface area contributed by atoms with Crippen molar-refractivity contribution in [2.75, 3.05) is 18.5 Å². The van der Waals surface area contributed by atoms with E-state index in [2.05, 4.69) is 5.32 Å². The molecule has 0 bridgehead atoms. The smallest absolute Gasteiger partial charge is 0.323 e. The van der Waals surface area contributed by atoms with Gasteiger partial charge in [-0.15, -0.1) is 0 Å². The van der Waals surface area contributed by atoms with Gasteiger partial charge in [-0.3, -0.25) is 9.36 Å². The molecule has 2 heterocycles. The summed E-state index contributed by atoms with van der Waals surface area (Å²) >= 11 is 5.85. The number of Topliss-reactive ketones (excluding diaryl/α,β-unsaturated/α-hetero) is 1. The quantitative estimate of drug-likeness (QED) is 0.408. The second-order valence-electron chi connectivity index (χ2n) is 9.33. The van der Waals surface area contributed by atoms with Crippen molar-refractivity contribution < 1.29 is 28.6 Å². The Morgan fingerprint density at radius 1 is 1.22 bits per heavy atom. The van der Waals surface area contributed by atoms with E-state index in [1.807, 2.05) is 0 Å². The van der Waals surface area contributed by atoms with Crippen molar-refractivity contribution in [2.45, 2.75) is 37.8 Å². The zero-order valence-electron chi connectivity index (χ0n) is 19.8. The third kappa shape index (κ3) is 4.86. The van der Waals surface area contributed by atoms with Crippen LogP contribution in [0.2, 0.25) is 5.02 Å². The number of halogens is 2. The number of rotatable bonds is 8. The molecule has 1 saturated carbocycles. The molecular formula is C26H26ClFN4O5. The van der Waals surface area contributed by atoms with E-state index in [0.717, 1.165) is 6.42 Å². The van der Waals surface area contributed by atoms with E-state index in [-0.39, 0.29) is 48.8 Å². The molecule has 3 amide bonds. The molecule has 2 aliphatic rings. The van der Waals surface area contributed by atoms with Crippen LogP contribution in [0.25, 0.3) is 10.9 Å². The third-order valence-electron chi connectivity index (χ3n) is 7.00. The Kier molecular flexibility index (Phi) is 6.78. The minimum atomic E-state index is -0.741. The minimum Gasteiger partial charge on any atom is -0.491 e. The van der Waals surface area contributed by atoms with Crippen LogP contribution in [0.15, 0.2) is 42.6 Å². The molecule has 194 valence electrons. The number of ketones is 1. The van der Waals surface area contributed by atoms with Crippen LogP contribution in [-0.2, 0) is 11.2 Å². The first kappa shape index (κ1) is 25.0. The van der Waals surface area contributed by atoms with Crippen LogP contribution in [-0.4, -0.2) is 57.7 Å². The van der Waals surface area contributed by atoms with Crippen LogP contribution >= 0.6 is 11.6 Å². The predicted molar refractivity (Wildman–Crippen MR) is 135 cm³/mol. The Balaban J connectivity index is 1.33. The number of anilines is 1. The fourth-order valence-electron chi connectivity index (χ4n) is 5.12. The van der Waals surface area contributed by atoms with E-state index in [0.29, 0.717) is 34.3 Å². The lowest BCUT2D eigenvalue weighted by atomic mass is 10.00. The van der Waals surface area contributed by atoms with Crippen LogP contribution < -0.4 is 15.8 Å². The Morgan fingerprint density at radius 3 is 2.78 bits per heavy atom. The number of aliphatic hydroxyl groups is 1. The Labute approximate surface area is 216 Å². The molecule has 2 aromatic carbocycles. The van der Waals surface area contributed by atoms with E-state index < -0.39 is 23.9 Å². The summed E-state index contributed by atoms with van der Waals surface area (Å²) in [6, 6.07) is 7.82. The number of nitrogens with one attached hydrogen (secondary N) is 1. The standard InChI is InChI=1S/C26H26ClFN4O5/c27-18-3-1-2-14(24(18)28)4-7-23(34)22-11-15-10-20(15)32(22)26(36)30-19-13-31(25(29)35)21-12-16(37-9-8-33)5-6-17(19)21/h1-3,5-6,12-13,15,20,22,33H,4,7-11H2,(H2,29,35)(H,30,36)/t15?,20?,22-/m0/s1. The van der Waals surface area contributed by atoms with Gasteiger partial charge in [-0.2, -0.15) is 0 Å². The summed E-state index contributed by atoms with van der Waals surface area (Å²) in [5, 5.41) is 12.4. The van der Waals surface area contributed by atoms with Gasteiger partial charge < -0.3 is 25.8 Å². The number of carbonyl (C=O) groups is 3. The van der Waals surface area contributed by atoms with Gasteiger partial charge in [-0.25, -0.2) is 14.0 Å². The predicted octanol–water partition coefficient (Wildman–Crippen LogP) is 3.93. The van der Waals surface area contributed by atoms with Crippen molar-refractivity contribution in [2.24, 2.45) is 11.7 Å². The maximum atomic E-state index is 14.2. The van der Waals surface area contributed by atoms with E-state index in [1.54, 1.807) is 35.2 Å². The number of likely N-dealkylation sites (tertiary alicyclic amines) is 1. The summed E-state index contributed by atoms with van der Waals surface area (Å²) in [4.78, 5) is 40.1. The second kappa shape index (κ2) is 10.0. The van der Waals surface area contributed by atoms with Gasteiger partial charge >= 0.3 is 12.1 Å². The number of primary amides is 1. The zero-order chi connectivity index (χ0) is 26.3. The largest absolute Gasteiger partial charge is 0.491 e. The molecule has 0 spiro atoms. The van der Waals surface area contributed by atoms with Crippen LogP contribution in [0.5, 0.6) is 5.75 Å². The van der Waals surface area contributed by atoms with Crippen molar-refractivity contribution in [3.8, 4) is 5.75 Å². The number of nitrogens with two attached hydrogens (primary N) is 1. The first-order chi connectivity index (χ1) is 17.8. The number of ether oxygens (including phenoxy) is 1. The maximum Gasteiger partial charge on any atom is 0.323 e. The monoisotopic (exact) mass is 528 g/mol. The SMILES string of the molecule is NC(=O)n1cc(NC(=O)N2C3CC3C[C@H]2C(=O)CCc2cccc(Cl)c2F)c2ccc(OCCO)cc21. The number of nitrogens with zero attached hydrogens (tertiary/aromatic N) is 2. The first-order valence-electron chi connectivity index (χ1n) is 12.0. The number of hydrogen-bond acceptors (Lipinski definition) is 5. The number of carbonyl (C=O) groups excluding carboxylic acids is 3. The van der Waals surface area contributed by atoms with E-state index in [4.69, 9.17) is 27.2 Å². The molecule has 3 aromatic rings. The average Bonchev–Trinajstić information content (AvgIpc) is 3.39. The van der Waals surface area contributed by atoms with E-state index in [1.165, 1.54) is 16.8 Å². The Hall–Kier alpha value is -3.63. The van der Waals surface area contributed by atoms with Gasteiger partial charge in [0.2, 0.25) is 0 Å². The van der Waals surface area contributed by atoms with Gasteiger partial charge in [0.25, 0.3) is 0 Å². The maximum absolute atomic E-state index is 14.2. The molecule has 3 atom stereocenters. The third-order valence-corrected chi connectivity index (χ3v) is 7.29. The number of amides is 3. The van der Waals surface area contributed by atoms with Gasteiger partial charge in [-0.1, -0.05) is 23.7 Å². The van der Waals surface area contributed by atoms with E-state index >= 15 is 0 Å². The highest BCUT2D eigenvalue weighted by molar-refractivity contribution is 6.30. The number of hydrogen-bond donors (Lipinski definition) is 3. The van der Waals surface area contributed by atoms with Crippen molar-refractivity contribution >= 4 is 46.0 Å². The highest BCUT2D eigenvalue weighted by atomic mass is 35.5. The highest BCUT2D eigenvalue weighted by Crippen LogP contribution is 2.48. The number of aryl methyl sites for hydroxylation is 1. The van der Waals surface area contributed by atoms with Crippen LogP contribution in [0.1, 0.15) is 24.8 Å². The number of aromatic nitrogens is 1. The van der Waals surface area contributed by atoms with Crippen LogP contribution in [0.4, 0.5) is 19.7 Å². The molecule has 4 N–H and O–H groups in total. The van der Waals surface area contributed by atoms with Crippen molar-refractivity contribution in [1.29, 1.82) is 0 Å². The summed E-state index contributed by atoms with van der Waals surface area (Å²) in [5.74, 6) is 0.0338. The molecule has 1 aliphatic carbocycles. The summed E-state index contributed by atoms with van der Waals surface area (Å²) in [7, 11) is 0. The topological polar surface area (TPSA) is 127 Å². The zero-order valence-corrected chi connectivity index (χ0v) is 20.6. The number of urea groups is 1. The molecule has 2 unspecified atom stereocenters. The Morgan fingerprint density at radius 2 is 2.03 bits per heavy atom. The Bertz CT molecular complexity index is 1390. The lowest BCUT2D eigenvalue weighted by Gasteiger charge is -2.27. The fraction of sp³-hybridized carbons (Fsp3) is 0.346. The fourth-order valence-corrected chi connectivity index (χ4v) is 5.32. The second-order valence-corrected chi connectivity index (χ2v) is 9.74. The summed E-state index contributed by atoms with van der Waals surface area (Å²) in [5.41, 5.74) is 6.69. The molecule has 1 aromatic heterocycles. The van der Waals surface area contributed by atoms with Crippen molar-refractivity contribution in [3.63, 3.8) is 0 Å². The molecule has 1 aliphatic heterocycles. The lowest BCUT2D eigenvalue weighted by molar-refractivity contribution is -0.123. The average molecular weight is 529 g/mol. The minimum absolute atomic E-state index is 0.00951. The molecule has 1 saturated heterocycles. The number of aliphatic hydroxyl groups excluding tert-OH is 1. The highest BCUT2D eigenvalue weighted by Gasteiger charge is 2.55. The van der Waals surface area contributed by atoms with Gasteiger partial charge in [0.15, 0.2) is 5.78 Å². The van der Waals surface area contributed by atoms with Gasteiger partial charge in [0, 0.05) is 30.1 Å². The molecule has 11 heteroatoms. The molecule has 5 rings (SSSR count). The normalized spacial score (nSPS) is 20.1. The van der Waals surface area contributed by atoms with Crippen molar-refractivity contribution in [3.05, 3.63) is 59.0 Å². The summed E-state index contributed by atoms with van der Waals surface area (Å²) < 4.78 is 20.9. The van der Waals surface area contributed by atoms with Crippen molar-refractivity contribution in [1.82, 2.24) is 9.47 Å². The molecular weight excluding hydrogens is 503 g/mol. The number of fused-ring (bicyclic) bond motifs is 2. The molecule has 2 fully saturated rings. The lowest BCUT2D eigenvalue weighted by Crippen LogP contribution is -2.45. The van der Waals surface area contributed by atoms with Gasteiger partial charge in [-0.05, 0) is 48.9 Å². The first-order valence-corrected chi connectivity index (χ1v) is 12.4. The summed E-state index contributed by atoms with van der Waals surface area (Å²) in [6.45, 7) is -0.0780. The van der Waals surface area contributed by atoms with Crippen LogP contribution in [0.3, 0.4) is 0 Å². The molecule has 37 heavy (non-hydrogen) atoms. The molecule has 9 nitrogen and oxygen atoms in total. The number of piperidine rings is 1. The van der Waals surface area contributed by atoms with Gasteiger partial charge in [0.1, 0.15) is 18.2 Å².